The van der Waals surface area contributed by atoms with Gasteiger partial charge in [-0.25, -0.2) is 0 Å². The van der Waals surface area contributed by atoms with Crippen LogP contribution in [-0.2, 0) is 27.3 Å². The number of furan rings is 1. The third kappa shape index (κ3) is 6.46. The van der Waals surface area contributed by atoms with Crippen LogP contribution in [0.4, 0.5) is 0 Å². The number of nitrogens with zero attached hydrogens (tertiary/aromatic N) is 2. The van der Waals surface area contributed by atoms with Crippen molar-refractivity contribution in [1.82, 2.24) is 9.80 Å². The second kappa shape index (κ2) is 11.0. The monoisotopic (exact) mass is 412 g/mol. The molecule has 0 saturated carbocycles. The van der Waals surface area contributed by atoms with Crippen molar-refractivity contribution < 1.29 is 18.7 Å². The smallest absolute Gasteiger partial charge is 0.242 e. The number of carbonyl (C=O) groups is 2. The van der Waals surface area contributed by atoms with Gasteiger partial charge in [0, 0.05) is 25.6 Å². The van der Waals surface area contributed by atoms with Gasteiger partial charge in [-0.1, -0.05) is 30.3 Å². The topological polar surface area (TPSA) is 63.0 Å². The van der Waals surface area contributed by atoms with Gasteiger partial charge in [0.05, 0.1) is 25.5 Å². The molecule has 0 aliphatic carbocycles. The van der Waals surface area contributed by atoms with Crippen molar-refractivity contribution in [3.63, 3.8) is 0 Å². The predicted molar refractivity (Wildman–Crippen MR) is 115 cm³/mol. The largest absolute Gasteiger partial charge is 0.467 e. The van der Waals surface area contributed by atoms with E-state index in [9.17, 15) is 9.59 Å². The molecule has 0 N–H and O–H groups in total. The number of hydrogen-bond donors (Lipinski definition) is 0. The summed E-state index contributed by atoms with van der Waals surface area (Å²) in [5.41, 5.74) is 1.12. The Kier molecular flexibility index (Phi) is 8.08. The van der Waals surface area contributed by atoms with Crippen molar-refractivity contribution in [1.29, 1.82) is 0 Å². The summed E-state index contributed by atoms with van der Waals surface area (Å²) in [4.78, 5) is 29.5. The number of rotatable bonds is 10. The molecule has 1 fully saturated rings. The zero-order valence-electron chi connectivity index (χ0n) is 18.0. The van der Waals surface area contributed by atoms with Crippen molar-refractivity contribution in [2.24, 2.45) is 0 Å². The first kappa shape index (κ1) is 22.1. The van der Waals surface area contributed by atoms with E-state index < -0.39 is 0 Å². The van der Waals surface area contributed by atoms with Gasteiger partial charge in [-0.05, 0) is 50.8 Å². The lowest BCUT2D eigenvalue weighted by Gasteiger charge is -2.31. The minimum atomic E-state index is -0.0799. The molecule has 1 aliphatic rings. The maximum absolute atomic E-state index is 13.2. The van der Waals surface area contributed by atoms with Crippen molar-refractivity contribution in [2.45, 2.75) is 58.2 Å². The molecule has 1 atom stereocenters. The van der Waals surface area contributed by atoms with E-state index in [1.807, 2.05) is 56.3 Å². The molecular formula is C24H32N2O4. The van der Waals surface area contributed by atoms with Crippen LogP contribution in [-0.4, -0.2) is 53.5 Å². The minimum absolute atomic E-state index is 0.00253. The molecule has 6 nitrogen and oxygen atoms in total. The van der Waals surface area contributed by atoms with Gasteiger partial charge in [-0.15, -0.1) is 0 Å². The minimum Gasteiger partial charge on any atom is -0.467 e. The quantitative estimate of drug-likeness (QED) is 0.598. The van der Waals surface area contributed by atoms with Gasteiger partial charge in [-0.2, -0.15) is 0 Å². The molecule has 0 spiro atoms. The van der Waals surface area contributed by atoms with Gasteiger partial charge in [0.25, 0.3) is 0 Å². The lowest BCUT2D eigenvalue weighted by atomic mass is 10.1. The van der Waals surface area contributed by atoms with E-state index in [1.54, 1.807) is 16.1 Å². The third-order valence-electron chi connectivity index (χ3n) is 5.45. The SMILES string of the molecule is CC(C)N(CC(=O)N(Cc1ccco1)CC1CCCO1)C(=O)CCc1ccccc1. The standard InChI is InChI=1S/C24H32N2O4/c1-19(2)26(23(27)13-12-20-8-4-3-5-9-20)18-24(28)25(16-21-10-6-14-29-21)17-22-11-7-15-30-22/h3-6,8-10,14,19,22H,7,11-13,15-18H2,1-2H3. The van der Waals surface area contributed by atoms with Crippen molar-refractivity contribution in [3.05, 3.63) is 60.1 Å². The van der Waals surface area contributed by atoms with E-state index in [2.05, 4.69) is 0 Å². The van der Waals surface area contributed by atoms with Crippen LogP contribution >= 0.6 is 0 Å². The molecule has 1 saturated heterocycles. The maximum atomic E-state index is 13.2. The van der Waals surface area contributed by atoms with Gasteiger partial charge in [-0.3, -0.25) is 9.59 Å². The summed E-state index contributed by atoms with van der Waals surface area (Å²) in [6.07, 6.45) is 4.68. The van der Waals surface area contributed by atoms with E-state index in [0.717, 1.165) is 30.8 Å². The summed E-state index contributed by atoms with van der Waals surface area (Å²) >= 11 is 0. The number of benzene rings is 1. The van der Waals surface area contributed by atoms with E-state index in [-0.39, 0.29) is 30.5 Å². The van der Waals surface area contributed by atoms with Gasteiger partial charge < -0.3 is 19.0 Å². The number of carbonyl (C=O) groups excluding carboxylic acids is 2. The van der Waals surface area contributed by atoms with Gasteiger partial charge in [0.15, 0.2) is 0 Å². The summed E-state index contributed by atoms with van der Waals surface area (Å²) in [5.74, 6) is 0.647. The van der Waals surface area contributed by atoms with Crippen molar-refractivity contribution >= 4 is 11.8 Å². The second-order valence-electron chi connectivity index (χ2n) is 8.09. The van der Waals surface area contributed by atoms with E-state index >= 15 is 0 Å². The van der Waals surface area contributed by atoms with Crippen LogP contribution in [0.15, 0.2) is 53.1 Å². The van der Waals surface area contributed by atoms with Crippen molar-refractivity contribution in [3.8, 4) is 0 Å². The number of aryl methyl sites for hydroxylation is 1. The fourth-order valence-corrected chi connectivity index (χ4v) is 3.72. The van der Waals surface area contributed by atoms with Crippen LogP contribution in [0.25, 0.3) is 0 Å². The molecule has 2 amide bonds. The molecule has 1 aliphatic heterocycles. The molecule has 0 bridgehead atoms. The Bertz CT molecular complexity index is 783. The third-order valence-corrected chi connectivity index (χ3v) is 5.45. The average Bonchev–Trinajstić information content (AvgIpc) is 3.44. The zero-order valence-corrected chi connectivity index (χ0v) is 18.0. The highest BCUT2D eigenvalue weighted by Crippen LogP contribution is 2.16. The Morgan fingerprint density at radius 2 is 1.90 bits per heavy atom. The van der Waals surface area contributed by atoms with Crippen LogP contribution in [0.5, 0.6) is 0 Å². The number of ether oxygens (including phenoxy) is 1. The average molecular weight is 413 g/mol. The first-order valence-electron chi connectivity index (χ1n) is 10.8. The van der Waals surface area contributed by atoms with E-state index in [1.165, 1.54) is 0 Å². The first-order chi connectivity index (χ1) is 14.5. The fraction of sp³-hybridized carbons (Fsp3) is 0.500. The highest BCUT2D eigenvalue weighted by atomic mass is 16.5. The van der Waals surface area contributed by atoms with E-state index in [0.29, 0.717) is 25.9 Å². The van der Waals surface area contributed by atoms with Gasteiger partial charge >= 0.3 is 0 Å². The first-order valence-corrected chi connectivity index (χ1v) is 10.8. The molecule has 2 aromatic rings. The lowest BCUT2D eigenvalue weighted by Crippen LogP contribution is -2.47. The van der Waals surface area contributed by atoms with Crippen LogP contribution in [0.3, 0.4) is 0 Å². The Labute approximate surface area is 178 Å². The molecule has 0 radical (unpaired) electrons. The van der Waals surface area contributed by atoms with E-state index in [4.69, 9.17) is 9.15 Å². The Morgan fingerprint density at radius 3 is 2.53 bits per heavy atom. The Hall–Kier alpha value is -2.60. The molecule has 2 heterocycles. The number of hydrogen-bond acceptors (Lipinski definition) is 4. The van der Waals surface area contributed by atoms with Crippen LogP contribution in [0.2, 0.25) is 0 Å². The summed E-state index contributed by atoms with van der Waals surface area (Å²) in [7, 11) is 0. The molecule has 3 rings (SSSR count). The highest BCUT2D eigenvalue weighted by Gasteiger charge is 2.27. The van der Waals surface area contributed by atoms with Crippen LogP contribution in [0.1, 0.15) is 44.4 Å². The summed E-state index contributed by atoms with van der Waals surface area (Å²) in [5, 5.41) is 0. The molecule has 1 aromatic heterocycles. The number of amides is 2. The fourth-order valence-electron chi connectivity index (χ4n) is 3.72. The maximum Gasteiger partial charge on any atom is 0.242 e. The highest BCUT2D eigenvalue weighted by molar-refractivity contribution is 5.85. The molecule has 1 aromatic carbocycles. The Balaban J connectivity index is 1.62. The molecular weight excluding hydrogens is 380 g/mol. The van der Waals surface area contributed by atoms with Gasteiger partial charge in [0.1, 0.15) is 5.76 Å². The molecule has 162 valence electrons. The summed E-state index contributed by atoms with van der Waals surface area (Å²) in [6.45, 7) is 5.61. The summed E-state index contributed by atoms with van der Waals surface area (Å²) in [6, 6.07) is 13.6. The van der Waals surface area contributed by atoms with Crippen molar-refractivity contribution in [2.75, 3.05) is 19.7 Å². The second-order valence-corrected chi connectivity index (χ2v) is 8.09. The Morgan fingerprint density at radius 1 is 1.10 bits per heavy atom. The normalized spacial score (nSPS) is 16.0. The summed E-state index contributed by atoms with van der Waals surface area (Å²) < 4.78 is 11.2. The van der Waals surface area contributed by atoms with Crippen LogP contribution in [0, 0.1) is 0 Å². The zero-order chi connectivity index (χ0) is 21.3. The predicted octanol–water partition coefficient (Wildman–Crippen LogP) is 3.66. The molecule has 1 unspecified atom stereocenters. The lowest BCUT2D eigenvalue weighted by molar-refractivity contribution is -0.143. The molecule has 6 heteroatoms. The molecule has 30 heavy (non-hydrogen) atoms. The van der Waals surface area contributed by atoms with Crippen LogP contribution < -0.4 is 0 Å². The van der Waals surface area contributed by atoms with Gasteiger partial charge in [0.2, 0.25) is 11.8 Å².